The lowest BCUT2D eigenvalue weighted by Crippen LogP contribution is -2.16. The standard InChI is InChI=1S/C19H19NO5/c21-18(11-13-1-3-14(4-2-13)19(22)23)20-15-5-7-16(8-6-15)25-17-9-10-24-12-17/h1-8,17H,9-12H2,(H,20,21)(H,22,23). The van der Waals surface area contributed by atoms with Gasteiger partial charge in [0.05, 0.1) is 25.2 Å². The summed E-state index contributed by atoms with van der Waals surface area (Å²) in [7, 11) is 0. The van der Waals surface area contributed by atoms with E-state index >= 15 is 0 Å². The molecule has 0 bridgehead atoms. The Morgan fingerprint density at radius 1 is 1.12 bits per heavy atom. The molecule has 1 aliphatic heterocycles. The summed E-state index contributed by atoms with van der Waals surface area (Å²) in [5.41, 5.74) is 1.64. The van der Waals surface area contributed by atoms with E-state index in [0.29, 0.717) is 12.3 Å². The zero-order valence-corrected chi connectivity index (χ0v) is 13.6. The van der Waals surface area contributed by atoms with Gasteiger partial charge in [-0.25, -0.2) is 4.79 Å². The first-order chi connectivity index (χ1) is 12.1. The molecule has 6 nitrogen and oxygen atoms in total. The van der Waals surface area contributed by atoms with Crippen LogP contribution in [0.2, 0.25) is 0 Å². The first-order valence-corrected chi connectivity index (χ1v) is 8.07. The van der Waals surface area contributed by atoms with Crippen LogP contribution in [0.5, 0.6) is 5.75 Å². The van der Waals surface area contributed by atoms with Crippen molar-refractivity contribution in [1.29, 1.82) is 0 Å². The van der Waals surface area contributed by atoms with Crippen molar-refractivity contribution in [3.63, 3.8) is 0 Å². The number of amides is 1. The van der Waals surface area contributed by atoms with E-state index in [1.807, 2.05) is 12.1 Å². The van der Waals surface area contributed by atoms with E-state index < -0.39 is 5.97 Å². The summed E-state index contributed by atoms with van der Waals surface area (Å²) in [6.07, 6.45) is 1.16. The van der Waals surface area contributed by atoms with Gasteiger partial charge in [-0.05, 0) is 42.0 Å². The van der Waals surface area contributed by atoms with E-state index in [9.17, 15) is 9.59 Å². The molecule has 1 fully saturated rings. The fourth-order valence-corrected chi connectivity index (χ4v) is 2.57. The summed E-state index contributed by atoms with van der Waals surface area (Å²) >= 11 is 0. The highest BCUT2D eigenvalue weighted by atomic mass is 16.5. The quantitative estimate of drug-likeness (QED) is 0.844. The average molecular weight is 341 g/mol. The van der Waals surface area contributed by atoms with E-state index in [1.165, 1.54) is 12.1 Å². The maximum Gasteiger partial charge on any atom is 0.335 e. The van der Waals surface area contributed by atoms with Crippen molar-refractivity contribution in [3.05, 3.63) is 59.7 Å². The Labute approximate surface area is 145 Å². The van der Waals surface area contributed by atoms with Gasteiger partial charge in [0.15, 0.2) is 0 Å². The molecule has 1 atom stereocenters. The van der Waals surface area contributed by atoms with Crippen LogP contribution in [0.15, 0.2) is 48.5 Å². The number of carbonyl (C=O) groups excluding carboxylic acids is 1. The molecule has 0 radical (unpaired) electrons. The van der Waals surface area contributed by atoms with Crippen LogP contribution >= 0.6 is 0 Å². The van der Waals surface area contributed by atoms with E-state index in [0.717, 1.165) is 24.3 Å². The minimum atomic E-state index is -0.984. The van der Waals surface area contributed by atoms with Gasteiger partial charge in [0, 0.05) is 12.1 Å². The lowest BCUT2D eigenvalue weighted by Gasteiger charge is -2.12. The Morgan fingerprint density at radius 3 is 2.44 bits per heavy atom. The number of hydrogen-bond acceptors (Lipinski definition) is 4. The first-order valence-electron chi connectivity index (χ1n) is 8.07. The Kier molecular flexibility index (Phi) is 5.30. The fraction of sp³-hybridized carbons (Fsp3) is 0.263. The molecule has 1 unspecified atom stereocenters. The molecule has 2 N–H and O–H groups in total. The number of carboxylic acids is 1. The highest BCUT2D eigenvalue weighted by molar-refractivity contribution is 5.92. The fourth-order valence-electron chi connectivity index (χ4n) is 2.57. The Hall–Kier alpha value is -2.86. The molecule has 0 saturated carbocycles. The predicted molar refractivity (Wildman–Crippen MR) is 92.0 cm³/mol. The van der Waals surface area contributed by atoms with Crippen molar-refractivity contribution in [2.45, 2.75) is 18.9 Å². The van der Waals surface area contributed by atoms with E-state index in [4.69, 9.17) is 14.6 Å². The molecule has 6 heteroatoms. The average Bonchev–Trinajstić information content (AvgIpc) is 3.10. The largest absolute Gasteiger partial charge is 0.488 e. The topological polar surface area (TPSA) is 84.9 Å². The van der Waals surface area contributed by atoms with Crippen LogP contribution in [0.3, 0.4) is 0 Å². The summed E-state index contributed by atoms with van der Waals surface area (Å²) in [5, 5.41) is 11.7. The summed E-state index contributed by atoms with van der Waals surface area (Å²) in [6.45, 7) is 1.34. The molecule has 0 aromatic heterocycles. The summed E-state index contributed by atoms with van der Waals surface area (Å²) < 4.78 is 11.0. The maximum atomic E-state index is 12.1. The van der Waals surface area contributed by atoms with Crippen molar-refractivity contribution in [2.24, 2.45) is 0 Å². The van der Waals surface area contributed by atoms with E-state index in [1.54, 1.807) is 24.3 Å². The van der Waals surface area contributed by atoms with Crippen LogP contribution in [0.25, 0.3) is 0 Å². The van der Waals surface area contributed by atoms with E-state index in [2.05, 4.69) is 5.32 Å². The van der Waals surface area contributed by atoms with Gasteiger partial charge in [0.1, 0.15) is 11.9 Å². The molecule has 1 aliphatic rings. The van der Waals surface area contributed by atoms with Gasteiger partial charge in [-0.15, -0.1) is 0 Å². The summed E-state index contributed by atoms with van der Waals surface area (Å²) in [4.78, 5) is 22.9. The van der Waals surface area contributed by atoms with Crippen LogP contribution in [-0.4, -0.2) is 36.3 Å². The van der Waals surface area contributed by atoms with Crippen LogP contribution in [-0.2, 0) is 16.0 Å². The first kappa shape index (κ1) is 17.0. The molecule has 130 valence electrons. The van der Waals surface area contributed by atoms with Crippen LogP contribution < -0.4 is 10.1 Å². The molecule has 25 heavy (non-hydrogen) atoms. The number of benzene rings is 2. The van der Waals surface area contributed by atoms with Gasteiger partial charge in [-0.3, -0.25) is 4.79 Å². The SMILES string of the molecule is O=C(Cc1ccc(C(=O)O)cc1)Nc1ccc(OC2CCOC2)cc1. The molecule has 2 aromatic carbocycles. The van der Waals surface area contributed by atoms with Crippen molar-refractivity contribution in [2.75, 3.05) is 18.5 Å². The summed E-state index contributed by atoms with van der Waals surface area (Å²) in [5.74, 6) is -0.402. The van der Waals surface area contributed by atoms with Gasteiger partial charge < -0.3 is 19.9 Å². The molecule has 1 amide bonds. The minimum absolute atomic E-state index is 0.0919. The second-order valence-corrected chi connectivity index (χ2v) is 5.85. The highest BCUT2D eigenvalue weighted by Crippen LogP contribution is 2.20. The van der Waals surface area contributed by atoms with Crippen molar-refractivity contribution >= 4 is 17.6 Å². The maximum absolute atomic E-state index is 12.1. The van der Waals surface area contributed by atoms with Gasteiger partial charge >= 0.3 is 5.97 Å². The van der Waals surface area contributed by atoms with Crippen LogP contribution in [0.4, 0.5) is 5.69 Å². The zero-order valence-electron chi connectivity index (χ0n) is 13.6. The highest BCUT2D eigenvalue weighted by Gasteiger charge is 2.17. The number of anilines is 1. The zero-order chi connectivity index (χ0) is 17.6. The predicted octanol–water partition coefficient (Wildman–Crippen LogP) is 2.73. The van der Waals surface area contributed by atoms with Gasteiger partial charge in [-0.1, -0.05) is 12.1 Å². The third-order valence-electron chi connectivity index (χ3n) is 3.89. The monoisotopic (exact) mass is 341 g/mol. The second-order valence-electron chi connectivity index (χ2n) is 5.85. The molecule has 1 heterocycles. The number of hydrogen-bond donors (Lipinski definition) is 2. The third kappa shape index (κ3) is 4.81. The number of carbonyl (C=O) groups is 2. The molecular formula is C19H19NO5. The lowest BCUT2D eigenvalue weighted by atomic mass is 10.1. The number of nitrogens with one attached hydrogen (secondary N) is 1. The number of rotatable bonds is 6. The van der Waals surface area contributed by atoms with Crippen LogP contribution in [0.1, 0.15) is 22.3 Å². The normalized spacial score (nSPS) is 16.4. The van der Waals surface area contributed by atoms with Crippen molar-refractivity contribution in [3.8, 4) is 5.75 Å². The molecule has 0 aliphatic carbocycles. The molecule has 1 saturated heterocycles. The molecule has 2 aromatic rings. The smallest absolute Gasteiger partial charge is 0.335 e. The van der Waals surface area contributed by atoms with Crippen molar-refractivity contribution in [1.82, 2.24) is 0 Å². The Bertz CT molecular complexity index is 733. The van der Waals surface area contributed by atoms with Gasteiger partial charge in [0.2, 0.25) is 5.91 Å². The van der Waals surface area contributed by atoms with Crippen LogP contribution in [0, 0.1) is 0 Å². The molecule has 0 spiro atoms. The number of ether oxygens (including phenoxy) is 2. The lowest BCUT2D eigenvalue weighted by molar-refractivity contribution is -0.115. The number of aromatic carboxylic acids is 1. The number of carboxylic acid groups (broad SMARTS) is 1. The van der Waals surface area contributed by atoms with E-state index in [-0.39, 0.29) is 24.0 Å². The second kappa shape index (κ2) is 7.81. The molecule has 3 rings (SSSR count). The Morgan fingerprint density at radius 2 is 1.84 bits per heavy atom. The summed E-state index contributed by atoms with van der Waals surface area (Å²) in [6, 6.07) is 13.5. The van der Waals surface area contributed by atoms with Gasteiger partial charge in [-0.2, -0.15) is 0 Å². The third-order valence-corrected chi connectivity index (χ3v) is 3.89. The Balaban J connectivity index is 1.52. The van der Waals surface area contributed by atoms with Gasteiger partial charge in [0.25, 0.3) is 0 Å². The minimum Gasteiger partial charge on any atom is -0.488 e. The van der Waals surface area contributed by atoms with Crippen molar-refractivity contribution < 1.29 is 24.2 Å². The molecular weight excluding hydrogens is 322 g/mol.